The van der Waals surface area contributed by atoms with Crippen LogP contribution in [0.15, 0.2) is 46.2 Å². The fourth-order valence-electron chi connectivity index (χ4n) is 3.14. The van der Waals surface area contributed by atoms with Gasteiger partial charge in [-0.3, -0.25) is 4.90 Å². The Morgan fingerprint density at radius 3 is 2.74 bits per heavy atom. The molecule has 27 heavy (non-hydrogen) atoms. The summed E-state index contributed by atoms with van der Waals surface area (Å²) in [4.78, 5) is 10.4. The maximum Gasteiger partial charge on any atom is 0.246 e. The molecule has 1 aliphatic heterocycles. The molecule has 0 saturated carbocycles. The van der Waals surface area contributed by atoms with E-state index < -0.39 is 9.84 Å². The van der Waals surface area contributed by atoms with Crippen molar-refractivity contribution in [3.05, 3.63) is 59.0 Å². The Morgan fingerprint density at radius 2 is 2.00 bits per heavy atom. The lowest BCUT2D eigenvalue weighted by atomic mass is 10.1. The highest BCUT2D eigenvalue weighted by Gasteiger charge is 2.22. The summed E-state index contributed by atoms with van der Waals surface area (Å²) in [6.45, 7) is 4.14. The maximum atomic E-state index is 11.6. The first-order valence-electron chi connectivity index (χ1n) is 8.68. The molecule has 1 aromatic carbocycles. The molecular formula is C19H20N4O3S. The maximum absolute atomic E-state index is 11.6. The SMILES string of the molecule is Cc1ccc(-c2cc(CN3CCc4nc(S(C)(=O)=O)ncc4C3)no2)cc1. The number of hydrogen-bond donors (Lipinski definition) is 0. The van der Waals surface area contributed by atoms with Crippen LogP contribution in [0.1, 0.15) is 22.5 Å². The zero-order valence-electron chi connectivity index (χ0n) is 15.2. The highest BCUT2D eigenvalue weighted by molar-refractivity contribution is 7.90. The third-order valence-electron chi connectivity index (χ3n) is 4.60. The summed E-state index contributed by atoms with van der Waals surface area (Å²) in [6.07, 6.45) is 3.43. The van der Waals surface area contributed by atoms with Crippen LogP contribution >= 0.6 is 0 Å². The molecule has 0 radical (unpaired) electrons. The topological polar surface area (TPSA) is 89.2 Å². The molecule has 8 heteroatoms. The second-order valence-corrected chi connectivity index (χ2v) is 8.82. The smallest absolute Gasteiger partial charge is 0.246 e. The molecule has 2 aromatic heterocycles. The van der Waals surface area contributed by atoms with E-state index in [0.29, 0.717) is 19.5 Å². The van der Waals surface area contributed by atoms with Crippen LogP contribution in [0.3, 0.4) is 0 Å². The molecule has 0 aliphatic carbocycles. The number of sulfone groups is 1. The number of aryl methyl sites for hydroxylation is 1. The monoisotopic (exact) mass is 384 g/mol. The predicted octanol–water partition coefficient (Wildman–Crippen LogP) is 2.40. The van der Waals surface area contributed by atoms with Crippen molar-refractivity contribution < 1.29 is 12.9 Å². The van der Waals surface area contributed by atoms with Gasteiger partial charge < -0.3 is 4.52 Å². The van der Waals surface area contributed by atoms with Gasteiger partial charge in [-0.2, -0.15) is 0 Å². The quantitative estimate of drug-likeness (QED) is 0.638. The minimum atomic E-state index is -3.38. The summed E-state index contributed by atoms with van der Waals surface area (Å²) >= 11 is 0. The van der Waals surface area contributed by atoms with Gasteiger partial charge in [0.2, 0.25) is 15.0 Å². The van der Waals surface area contributed by atoms with Crippen molar-refractivity contribution in [2.24, 2.45) is 0 Å². The number of hydrogen-bond acceptors (Lipinski definition) is 7. The van der Waals surface area contributed by atoms with Gasteiger partial charge in [0.1, 0.15) is 0 Å². The van der Waals surface area contributed by atoms with E-state index in [1.54, 1.807) is 6.20 Å². The van der Waals surface area contributed by atoms with E-state index in [1.165, 1.54) is 5.56 Å². The van der Waals surface area contributed by atoms with E-state index in [4.69, 9.17) is 4.52 Å². The Kier molecular flexibility index (Phi) is 4.53. The lowest BCUT2D eigenvalue weighted by Gasteiger charge is -2.26. The minimum absolute atomic E-state index is 0.103. The van der Waals surface area contributed by atoms with Crippen molar-refractivity contribution in [1.82, 2.24) is 20.0 Å². The molecule has 0 unspecified atom stereocenters. The summed E-state index contributed by atoms with van der Waals surface area (Å²) in [6, 6.07) is 10.1. The van der Waals surface area contributed by atoms with Crippen molar-refractivity contribution in [2.75, 3.05) is 12.8 Å². The van der Waals surface area contributed by atoms with Gasteiger partial charge in [0.05, 0.1) is 11.4 Å². The average molecular weight is 384 g/mol. The van der Waals surface area contributed by atoms with Crippen LogP contribution in [-0.4, -0.2) is 41.2 Å². The Bertz CT molecular complexity index is 1070. The first-order chi connectivity index (χ1) is 12.9. The van der Waals surface area contributed by atoms with Gasteiger partial charge in [0, 0.05) is 55.7 Å². The van der Waals surface area contributed by atoms with Crippen molar-refractivity contribution in [2.45, 2.75) is 31.6 Å². The van der Waals surface area contributed by atoms with Gasteiger partial charge in [-0.15, -0.1) is 0 Å². The lowest BCUT2D eigenvalue weighted by Crippen LogP contribution is -2.31. The van der Waals surface area contributed by atoms with Crippen LogP contribution in [0, 0.1) is 6.92 Å². The van der Waals surface area contributed by atoms with Crippen LogP contribution in [0.5, 0.6) is 0 Å². The molecule has 0 N–H and O–H groups in total. The van der Waals surface area contributed by atoms with Crippen LogP contribution in [0.25, 0.3) is 11.3 Å². The lowest BCUT2D eigenvalue weighted by molar-refractivity contribution is 0.234. The molecule has 140 valence electrons. The molecule has 0 atom stereocenters. The second kappa shape index (κ2) is 6.86. The van der Waals surface area contributed by atoms with Gasteiger partial charge in [0.25, 0.3) is 0 Å². The third-order valence-corrected chi connectivity index (χ3v) is 5.46. The van der Waals surface area contributed by atoms with E-state index in [1.807, 2.05) is 37.3 Å². The molecule has 0 amide bonds. The first kappa shape index (κ1) is 17.8. The third kappa shape index (κ3) is 3.91. The number of rotatable bonds is 4. The zero-order valence-corrected chi connectivity index (χ0v) is 16.0. The van der Waals surface area contributed by atoms with Gasteiger partial charge in [-0.05, 0) is 6.92 Å². The second-order valence-electron chi connectivity index (χ2n) is 6.91. The van der Waals surface area contributed by atoms with E-state index >= 15 is 0 Å². The molecule has 0 fully saturated rings. The molecular weight excluding hydrogens is 364 g/mol. The fraction of sp³-hybridized carbons (Fsp3) is 0.316. The van der Waals surface area contributed by atoms with Crippen molar-refractivity contribution in [1.29, 1.82) is 0 Å². The molecule has 1 aliphatic rings. The normalized spacial score (nSPS) is 14.9. The van der Waals surface area contributed by atoms with Crippen LogP contribution in [0.4, 0.5) is 0 Å². The Balaban J connectivity index is 1.47. The number of benzene rings is 1. The highest BCUT2D eigenvalue weighted by Crippen LogP contribution is 2.23. The summed E-state index contributed by atoms with van der Waals surface area (Å²) in [5, 5.41) is 4.08. The van der Waals surface area contributed by atoms with Crippen LogP contribution in [-0.2, 0) is 29.3 Å². The molecule has 3 heterocycles. The largest absolute Gasteiger partial charge is 0.356 e. The molecule has 3 aromatic rings. The number of aromatic nitrogens is 3. The zero-order chi connectivity index (χ0) is 19.0. The van der Waals surface area contributed by atoms with Crippen molar-refractivity contribution >= 4 is 9.84 Å². The average Bonchev–Trinajstić information content (AvgIpc) is 3.09. The minimum Gasteiger partial charge on any atom is -0.356 e. The van der Waals surface area contributed by atoms with E-state index in [9.17, 15) is 8.42 Å². The van der Waals surface area contributed by atoms with Crippen molar-refractivity contribution in [3.63, 3.8) is 0 Å². The standard InChI is InChI=1S/C19H20N4O3S/c1-13-3-5-14(6-4-13)18-9-16(22-26-18)12-23-8-7-17-15(11-23)10-20-19(21-17)27(2,24)25/h3-6,9-10H,7-8,11-12H2,1-2H3. The van der Waals surface area contributed by atoms with E-state index in [0.717, 1.165) is 41.1 Å². The number of nitrogens with zero attached hydrogens (tertiary/aromatic N) is 4. The molecule has 0 saturated heterocycles. The summed E-state index contributed by atoms with van der Waals surface area (Å²) < 4.78 is 28.7. The van der Waals surface area contributed by atoms with Gasteiger partial charge in [0.15, 0.2) is 5.76 Å². The molecule has 0 spiro atoms. The van der Waals surface area contributed by atoms with Gasteiger partial charge in [-0.25, -0.2) is 18.4 Å². The van der Waals surface area contributed by atoms with Crippen LogP contribution in [0.2, 0.25) is 0 Å². The Hall–Kier alpha value is -2.58. The van der Waals surface area contributed by atoms with E-state index in [-0.39, 0.29) is 5.16 Å². The van der Waals surface area contributed by atoms with Crippen molar-refractivity contribution in [3.8, 4) is 11.3 Å². The molecule has 7 nitrogen and oxygen atoms in total. The first-order valence-corrected chi connectivity index (χ1v) is 10.6. The summed E-state index contributed by atoms with van der Waals surface area (Å²) in [7, 11) is -3.38. The van der Waals surface area contributed by atoms with Gasteiger partial charge >= 0.3 is 0 Å². The molecule has 4 rings (SSSR count). The van der Waals surface area contributed by atoms with Gasteiger partial charge in [-0.1, -0.05) is 35.0 Å². The molecule has 0 bridgehead atoms. The summed E-state index contributed by atoms with van der Waals surface area (Å²) in [5.74, 6) is 0.753. The van der Waals surface area contributed by atoms with E-state index in [2.05, 4.69) is 20.0 Å². The fourth-order valence-corrected chi connectivity index (χ4v) is 3.66. The number of fused-ring (bicyclic) bond motifs is 1. The Morgan fingerprint density at radius 1 is 1.22 bits per heavy atom. The predicted molar refractivity (Wildman–Crippen MR) is 99.6 cm³/mol. The Labute approximate surface area is 158 Å². The summed E-state index contributed by atoms with van der Waals surface area (Å²) in [5.41, 5.74) is 4.83. The highest BCUT2D eigenvalue weighted by atomic mass is 32.2. The van der Waals surface area contributed by atoms with Crippen LogP contribution < -0.4 is 0 Å².